The topological polar surface area (TPSA) is 50.1 Å². The van der Waals surface area contributed by atoms with Gasteiger partial charge in [0, 0.05) is 36.8 Å². The third-order valence-corrected chi connectivity index (χ3v) is 6.03. The zero-order valence-electron chi connectivity index (χ0n) is 14.5. The second kappa shape index (κ2) is 7.10. The molecule has 1 aromatic carbocycles. The first-order valence-electron chi connectivity index (χ1n) is 9.39. The summed E-state index contributed by atoms with van der Waals surface area (Å²) in [6.45, 7) is 1.97. The fourth-order valence-electron chi connectivity index (χ4n) is 4.24. The van der Waals surface area contributed by atoms with Crippen LogP contribution in [0.3, 0.4) is 0 Å². The van der Waals surface area contributed by atoms with Gasteiger partial charge in [0.25, 0.3) is 0 Å². The van der Waals surface area contributed by atoms with Gasteiger partial charge in [-0.1, -0.05) is 23.7 Å². The Kier molecular flexibility index (Phi) is 4.85. The Hall–Kier alpha value is -1.36. The number of fused-ring (bicyclic) bond motifs is 1. The molecule has 0 bridgehead atoms. The maximum Gasteiger partial charge on any atom is 0.108 e. The van der Waals surface area contributed by atoms with Crippen molar-refractivity contribution < 1.29 is 5.11 Å². The SMILES string of the molecule is OC1(c2cccc(Cl)c2)CCC(NCc2cnc3n2CCCC3)CC1. The lowest BCUT2D eigenvalue weighted by Gasteiger charge is -2.37. The summed E-state index contributed by atoms with van der Waals surface area (Å²) in [5.74, 6) is 1.24. The van der Waals surface area contributed by atoms with Gasteiger partial charge in [-0.15, -0.1) is 0 Å². The number of imidazole rings is 1. The average molecular weight is 360 g/mol. The van der Waals surface area contributed by atoms with E-state index in [0.717, 1.165) is 50.8 Å². The maximum atomic E-state index is 11.0. The third kappa shape index (κ3) is 3.62. The highest BCUT2D eigenvalue weighted by Gasteiger charge is 2.34. The fraction of sp³-hybridized carbons (Fsp3) is 0.550. The first kappa shape index (κ1) is 17.1. The van der Waals surface area contributed by atoms with Crippen LogP contribution in [0.2, 0.25) is 5.02 Å². The van der Waals surface area contributed by atoms with E-state index >= 15 is 0 Å². The van der Waals surface area contributed by atoms with E-state index < -0.39 is 5.60 Å². The molecule has 25 heavy (non-hydrogen) atoms. The van der Waals surface area contributed by atoms with Gasteiger partial charge in [-0.3, -0.25) is 0 Å². The minimum atomic E-state index is -0.737. The molecule has 4 rings (SSSR count). The number of aromatic nitrogens is 2. The largest absolute Gasteiger partial charge is 0.385 e. The van der Waals surface area contributed by atoms with Gasteiger partial charge in [0.2, 0.25) is 0 Å². The first-order valence-corrected chi connectivity index (χ1v) is 9.77. The minimum Gasteiger partial charge on any atom is -0.385 e. The normalized spacial score (nSPS) is 26.4. The lowest BCUT2D eigenvalue weighted by atomic mass is 9.78. The highest BCUT2D eigenvalue weighted by atomic mass is 35.5. The van der Waals surface area contributed by atoms with Crippen molar-refractivity contribution in [3.05, 3.63) is 52.6 Å². The van der Waals surface area contributed by atoms with Crippen LogP contribution in [0.5, 0.6) is 0 Å². The zero-order chi connectivity index (χ0) is 17.3. The van der Waals surface area contributed by atoms with Gasteiger partial charge in [-0.2, -0.15) is 0 Å². The van der Waals surface area contributed by atoms with Crippen LogP contribution in [0.1, 0.15) is 55.6 Å². The lowest BCUT2D eigenvalue weighted by Crippen LogP contribution is -2.39. The number of aliphatic hydroxyl groups is 1. The molecule has 2 N–H and O–H groups in total. The molecular formula is C20H26ClN3O. The summed E-state index contributed by atoms with van der Waals surface area (Å²) in [6.07, 6.45) is 9.15. The Balaban J connectivity index is 1.34. The zero-order valence-corrected chi connectivity index (χ0v) is 15.3. The van der Waals surface area contributed by atoms with Crippen molar-refractivity contribution in [3.8, 4) is 0 Å². The Morgan fingerprint density at radius 2 is 2.12 bits per heavy atom. The van der Waals surface area contributed by atoms with Gasteiger partial charge >= 0.3 is 0 Å². The third-order valence-electron chi connectivity index (χ3n) is 5.80. The van der Waals surface area contributed by atoms with E-state index in [0.29, 0.717) is 11.1 Å². The second-order valence-electron chi connectivity index (χ2n) is 7.47. The number of aryl methyl sites for hydroxylation is 1. The van der Waals surface area contributed by atoms with Crippen LogP contribution in [0, 0.1) is 0 Å². The molecule has 0 radical (unpaired) electrons. The predicted octanol–water partition coefficient (Wildman–Crippen LogP) is 3.79. The molecule has 0 saturated heterocycles. The van der Waals surface area contributed by atoms with Crippen molar-refractivity contribution in [1.29, 1.82) is 0 Å². The van der Waals surface area contributed by atoms with Crippen LogP contribution in [-0.2, 0) is 25.1 Å². The summed E-state index contributed by atoms with van der Waals surface area (Å²) >= 11 is 6.09. The average Bonchev–Trinajstić information content (AvgIpc) is 3.05. The molecule has 0 spiro atoms. The smallest absolute Gasteiger partial charge is 0.108 e. The van der Waals surface area contributed by atoms with E-state index in [1.165, 1.54) is 24.4 Å². The standard InChI is InChI=1S/C20H26ClN3O/c21-16-5-3-4-15(12-16)20(25)9-7-17(8-10-20)22-13-18-14-23-19-6-1-2-11-24(18)19/h3-5,12,14,17,22,25H,1-2,6-11,13H2. The minimum absolute atomic E-state index is 0.453. The van der Waals surface area contributed by atoms with E-state index in [1.807, 2.05) is 30.5 Å². The van der Waals surface area contributed by atoms with Crippen molar-refractivity contribution in [2.75, 3.05) is 0 Å². The molecule has 1 aliphatic carbocycles. The van der Waals surface area contributed by atoms with Crippen LogP contribution in [-0.4, -0.2) is 20.7 Å². The van der Waals surface area contributed by atoms with Crippen molar-refractivity contribution in [3.63, 3.8) is 0 Å². The monoisotopic (exact) mass is 359 g/mol. The van der Waals surface area contributed by atoms with Gasteiger partial charge < -0.3 is 15.0 Å². The summed E-state index contributed by atoms with van der Waals surface area (Å²) in [7, 11) is 0. The number of hydrogen-bond donors (Lipinski definition) is 2. The Morgan fingerprint density at radius 3 is 2.92 bits per heavy atom. The van der Waals surface area contributed by atoms with Crippen LogP contribution in [0.25, 0.3) is 0 Å². The van der Waals surface area contributed by atoms with Crippen LogP contribution < -0.4 is 5.32 Å². The lowest BCUT2D eigenvalue weighted by molar-refractivity contribution is -0.00851. The van der Waals surface area contributed by atoms with Crippen molar-refractivity contribution >= 4 is 11.6 Å². The van der Waals surface area contributed by atoms with Gasteiger partial charge in [0.15, 0.2) is 0 Å². The molecule has 5 heteroatoms. The van der Waals surface area contributed by atoms with Gasteiger partial charge in [-0.05, 0) is 56.2 Å². The van der Waals surface area contributed by atoms with Crippen molar-refractivity contribution in [1.82, 2.24) is 14.9 Å². The molecule has 2 aromatic rings. The molecule has 0 amide bonds. The number of benzene rings is 1. The van der Waals surface area contributed by atoms with Crippen LogP contribution in [0.15, 0.2) is 30.5 Å². The van der Waals surface area contributed by atoms with E-state index in [1.54, 1.807) is 0 Å². The van der Waals surface area contributed by atoms with E-state index in [2.05, 4.69) is 14.9 Å². The van der Waals surface area contributed by atoms with Gasteiger partial charge in [0.05, 0.1) is 11.3 Å². The summed E-state index contributed by atoms with van der Waals surface area (Å²) < 4.78 is 2.38. The fourth-order valence-corrected chi connectivity index (χ4v) is 4.43. The van der Waals surface area contributed by atoms with Crippen molar-refractivity contribution in [2.24, 2.45) is 0 Å². The van der Waals surface area contributed by atoms with Crippen LogP contribution >= 0.6 is 11.6 Å². The Bertz CT molecular complexity index is 734. The van der Waals surface area contributed by atoms with E-state index in [-0.39, 0.29) is 0 Å². The molecule has 4 nitrogen and oxygen atoms in total. The molecule has 1 aromatic heterocycles. The molecule has 0 atom stereocenters. The Labute approximate surface area is 154 Å². The summed E-state index contributed by atoms with van der Waals surface area (Å²) in [4.78, 5) is 4.56. The molecule has 1 aliphatic heterocycles. The predicted molar refractivity (Wildman–Crippen MR) is 99.6 cm³/mol. The molecule has 2 aliphatic rings. The molecule has 134 valence electrons. The number of nitrogens with one attached hydrogen (secondary N) is 1. The highest BCUT2D eigenvalue weighted by Crippen LogP contribution is 2.38. The molecule has 0 unspecified atom stereocenters. The second-order valence-corrected chi connectivity index (χ2v) is 7.91. The highest BCUT2D eigenvalue weighted by molar-refractivity contribution is 6.30. The summed E-state index contributed by atoms with van der Waals surface area (Å²) in [5.41, 5.74) is 1.51. The van der Waals surface area contributed by atoms with E-state index in [9.17, 15) is 5.11 Å². The molecular weight excluding hydrogens is 334 g/mol. The number of rotatable bonds is 4. The number of nitrogens with zero attached hydrogens (tertiary/aromatic N) is 2. The van der Waals surface area contributed by atoms with Gasteiger partial charge in [-0.25, -0.2) is 4.98 Å². The summed E-state index contributed by atoms with van der Waals surface area (Å²) in [5, 5.41) is 15.4. The first-order chi connectivity index (χ1) is 12.1. The van der Waals surface area contributed by atoms with Gasteiger partial charge in [0.1, 0.15) is 5.82 Å². The molecule has 1 saturated carbocycles. The Morgan fingerprint density at radius 1 is 1.28 bits per heavy atom. The molecule has 1 fully saturated rings. The van der Waals surface area contributed by atoms with Crippen molar-refractivity contribution in [2.45, 2.75) is 69.7 Å². The number of halogens is 1. The molecule has 2 heterocycles. The number of hydrogen-bond acceptors (Lipinski definition) is 3. The van der Waals surface area contributed by atoms with Crippen LogP contribution in [0.4, 0.5) is 0 Å². The maximum absolute atomic E-state index is 11.0. The van der Waals surface area contributed by atoms with E-state index in [4.69, 9.17) is 11.6 Å². The summed E-state index contributed by atoms with van der Waals surface area (Å²) in [6, 6.07) is 8.11. The quantitative estimate of drug-likeness (QED) is 0.873.